The molecule has 0 saturated heterocycles. The lowest BCUT2D eigenvalue weighted by Gasteiger charge is -2.35. The lowest BCUT2D eigenvalue weighted by molar-refractivity contribution is 0.0170. The highest BCUT2D eigenvalue weighted by atomic mass is 16.5. The monoisotopic (exact) mass is 248 g/mol. The van der Waals surface area contributed by atoms with Crippen LogP contribution in [0.1, 0.15) is 24.0 Å². The lowest BCUT2D eigenvalue weighted by Crippen LogP contribution is -2.44. The Morgan fingerprint density at radius 2 is 1.94 bits per heavy atom. The SMILES string of the molecule is CNCCc1ccccc1CNC1CC(OC)C1. The van der Waals surface area contributed by atoms with Crippen LogP contribution in [0.2, 0.25) is 0 Å². The molecule has 0 atom stereocenters. The van der Waals surface area contributed by atoms with Crippen molar-refractivity contribution in [1.29, 1.82) is 0 Å². The number of benzene rings is 1. The summed E-state index contributed by atoms with van der Waals surface area (Å²) in [5, 5.41) is 6.82. The van der Waals surface area contributed by atoms with E-state index in [1.54, 1.807) is 7.11 Å². The summed E-state index contributed by atoms with van der Waals surface area (Å²) in [5.41, 5.74) is 2.87. The molecule has 2 rings (SSSR count). The average molecular weight is 248 g/mol. The van der Waals surface area contributed by atoms with E-state index in [4.69, 9.17) is 4.74 Å². The van der Waals surface area contributed by atoms with Crippen LogP contribution in [0.15, 0.2) is 24.3 Å². The standard InChI is InChI=1S/C15H24N2O/c1-16-8-7-12-5-3-4-6-13(12)11-17-14-9-15(10-14)18-2/h3-6,14-17H,7-11H2,1-2H3. The van der Waals surface area contributed by atoms with Crippen molar-refractivity contribution in [2.24, 2.45) is 0 Å². The van der Waals surface area contributed by atoms with Gasteiger partial charge in [-0.1, -0.05) is 24.3 Å². The van der Waals surface area contributed by atoms with E-state index in [0.29, 0.717) is 12.1 Å². The molecule has 1 saturated carbocycles. The molecule has 100 valence electrons. The van der Waals surface area contributed by atoms with Crippen LogP contribution in [-0.2, 0) is 17.7 Å². The van der Waals surface area contributed by atoms with E-state index >= 15 is 0 Å². The molecule has 3 heteroatoms. The van der Waals surface area contributed by atoms with Crippen LogP contribution in [-0.4, -0.2) is 32.8 Å². The molecule has 0 heterocycles. The van der Waals surface area contributed by atoms with E-state index < -0.39 is 0 Å². The van der Waals surface area contributed by atoms with E-state index in [-0.39, 0.29) is 0 Å². The smallest absolute Gasteiger partial charge is 0.0601 e. The summed E-state index contributed by atoms with van der Waals surface area (Å²) >= 11 is 0. The number of methoxy groups -OCH3 is 1. The van der Waals surface area contributed by atoms with Crippen LogP contribution in [0, 0.1) is 0 Å². The predicted octanol–water partition coefficient (Wildman–Crippen LogP) is 1.72. The number of rotatable bonds is 7. The number of hydrogen-bond donors (Lipinski definition) is 2. The van der Waals surface area contributed by atoms with Gasteiger partial charge in [-0.05, 0) is 44.0 Å². The van der Waals surface area contributed by atoms with Crippen molar-refractivity contribution in [3.8, 4) is 0 Å². The van der Waals surface area contributed by atoms with Gasteiger partial charge in [0.2, 0.25) is 0 Å². The van der Waals surface area contributed by atoms with Gasteiger partial charge in [-0.25, -0.2) is 0 Å². The summed E-state index contributed by atoms with van der Waals surface area (Å²) < 4.78 is 5.30. The third-order valence-electron chi connectivity index (χ3n) is 3.77. The topological polar surface area (TPSA) is 33.3 Å². The fourth-order valence-electron chi connectivity index (χ4n) is 2.41. The highest BCUT2D eigenvalue weighted by molar-refractivity contribution is 5.27. The molecule has 0 aromatic heterocycles. The van der Waals surface area contributed by atoms with Crippen molar-refractivity contribution in [3.05, 3.63) is 35.4 Å². The molecular weight excluding hydrogens is 224 g/mol. The first-order valence-corrected chi connectivity index (χ1v) is 6.81. The summed E-state index contributed by atoms with van der Waals surface area (Å²) in [6.07, 6.45) is 3.87. The van der Waals surface area contributed by atoms with E-state index in [0.717, 1.165) is 32.4 Å². The Morgan fingerprint density at radius 3 is 2.61 bits per heavy atom. The van der Waals surface area contributed by atoms with Gasteiger partial charge in [-0.3, -0.25) is 0 Å². The maximum absolute atomic E-state index is 5.30. The minimum absolute atomic E-state index is 0.474. The van der Waals surface area contributed by atoms with Gasteiger partial charge in [-0.2, -0.15) is 0 Å². The Hall–Kier alpha value is -0.900. The Kier molecular flexibility index (Phi) is 5.17. The molecule has 2 N–H and O–H groups in total. The van der Waals surface area contributed by atoms with Gasteiger partial charge in [0.15, 0.2) is 0 Å². The van der Waals surface area contributed by atoms with Crippen molar-refractivity contribution < 1.29 is 4.74 Å². The molecule has 1 fully saturated rings. The molecular formula is C15H24N2O. The van der Waals surface area contributed by atoms with Gasteiger partial charge in [0.25, 0.3) is 0 Å². The van der Waals surface area contributed by atoms with Crippen LogP contribution in [0.3, 0.4) is 0 Å². The molecule has 3 nitrogen and oxygen atoms in total. The summed E-state index contributed by atoms with van der Waals surface area (Å²) in [7, 11) is 3.80. The number of likely N-dealkylation sites (N-methyl/N-ethyl adjacent to an activating group) is 1. The van der Waals surface area contributed by atoms with Gasteiger partial charge in [0.05, 0.1) is 6.10 Å². The van der Waals surface area contributed by atoms with Crippen LogP contribution < -0.4 is 10.6 Å². The molecule has 0 unspecified atom stereocenters. The molecule has 1 aromatic rings. The van der Waals surface area contributed by atoms with E-state index in [1.807, 2.05) is 7.05 Å². The van der Waals surface area contributed by atoms with Gasteiger partial charge in [0, 0.05) is 19.7 Å². The third kappa shape index (κ3) is 3.55. The summed E-state index contributed by atoms with van der Waals surface area (Å²) in [4.78, 5) is 0. The Bertz CT molecular complexity index is 361. The van der Waals surface area contributed by atoms with Crippen molar-refractivity contribution in [1.82, 2.24) is 10.6 Å². The average Bonchev–Trinajstić information content (AvgIpc) is 2.36. The highest BCUT2D eigenvalue weighted by Gasteiger charge is 2.28. The maximum Gasteiger partial charge on any atom is 0.0601 e. The van der Waals surface area contributed by atoms with Crippen molar-refractivity contribution in [2.45, 2.75) is 38.0 Å². The van der Waals surface area contributed by atoms with E-state index in [9.17, 15) is 0 Å². The second kappa shape index (κ2) is 6.88. The Morgan fingerprint density at radius 1 is 1.22 bits per heavy atom. The zero-order valence-corrected chi connectivity index (χ0v) is 11.4. The fraction of sp³-hybridized carbons (Fsp3) is 0.600. The molecule has 18 heavy (non-hydrogen) atoms. The van der Waals surface area contributed by atoms with Crippen molar-refractivity contribution in [2.75, 3.05) is 20.7 Å². The van der Waals surface area contributed by atoms with Gasteiger partial charge >= 0.3 is 0 Å². The van der Waals surface area contributed by atoms with Gasteiger partial charge < -0.3 is 15.4 Å². The molecule has 0 bridgehead atoms. The second-order valence-electron chi connectivity index (χ2n) is 5.03. The van der Waals surface area contributed by atoms with Crippen LogP contribution >= 0.6 is 0 Å². The Balaban J connectivity index is 1.81. The minimum Gasteiger partial charge on any atom is -0.381 e. The molecule has 0 spiro atoms. The maximum atomic E-state index is 5.30. The highest BCUT2D eigenvalue weighted by Crippen LogP contribution is 2.23. The molecule has 0 aliphatic heterocycles. The molecule has 1 aliphatic carbocycles. The molecule has 0 radical (unpaired) electrons. The van der Waals surface area contributed by atoms with Crippen LogP contribution in [0.4, 0.5) is 0 Å². The number of nitrogens with one attached hydrogen (secondary N) is 2. The number of hydrogen-bond acceptors (Lipinski definition) is 3. The van der Waals surface area contributed by atoms with Gasteiger partial charge in [-0.15, -0.1) is 0 Å². The zero-order valence-electron chi connectivity index (χ0n) is 11.4. The largest absolute Gasteiger partial charge is 0.381 e. The number of ether oxygens (including phenoxy) is 1. The first kappa shape index (κ1) is 13.5. The molecule has 1 aliphatic rings. The van der Waals surface area contributed by atoms with Crippen LogP contribution in [0.5, 0.6) is 0 Å². The molecule has 1 aromatic carbocycles. The second-order valence-corrected chi connectivity index (χ2v) is 5.03. The summed E-state index contributed by atoms with van der Waals surface area (Å²) in [5.74, 6) is 0. The zero-order chi connectivity index (χ0) is 12.8. The van der Waals surface area contributed by atoms with Crippen LogP contribution in [0.25, 0.3) is 0 Å². The van der Waals surface area contributed by atoms with Crippen molar-refractivity contribution >= 4 is 0 Å². The molecule has 0 amide bonds. The summed E-state index contributed by atoms with van der Waals surface area (Å²) in [6, 6.07) is 9.34. The third-order valence-corrected chi connectivity index (χ3v) is 3.77. The fourth-order valence-corrected chi connectivity index (χ4v) is 2.41. The van der Waals surface area contributed by atoms with Gasteiger partial charge in [0.1, 0.15) is 0 Å². The van der Waals surface area contributed by atoms with E-state index in [1.165, 1.54) is 11.1 Å². The summed E-state index contributed by atoms with van der Waals surface area (Å²) in [6.45, 7) is 2.01. The van der Waals surface area contributed by atoms with Crippen molar-refractivity contribution in [3.63, 3.8) is 0 Å². The quantitative estimate of drug-likeness (QED) is 0.771. The normalized spacial score (nSPS) is 22.8. The first-order chi connectivity index (χ1) is 8.83. The van der Waals surface area contributed by atoms with E-state index in [2.05, 4.69) is 34.9 Å². The first-order valence-electron chi connectivity index (χ1n) is 6.81. The predicted molar refractivity (Wildman–Crippen MR) is 74.7 cm³/mol. The Labute approximate surface area is 110 Å². The lowest BCUT2D eigenvalue weighted by atomic mass is 9.89. The minimum atomic E-state index is 0.474.